The number of Topliss-reactive ketones (excluding diaryl/α,β-unsaturated/α-hetero) is 1. The lowest BCUT2D eigenvalue weighted by molar-refractivity contribution is -0.151. The minimum atomic E-state index is -3.06. The van der Waals surface area contributed by atoms with Gasteiger partial charge in [0, 0.05) is 6.42 Å². The highest BCUT2D eigenvalue weighted by atomic mass is 19.3. The fraction of sp³-hybridized carbons (Fsp3) is 0.519. The summed E-state index contributed by atoms with van der Waals surface area (Å²) in [5.74, 6) is -5.52. The first-order valence-electron chi connectivity index (χ1n) is 12.5. The van der Waals surface area contributed by atoms with Crippen LogP contribution in [0, 0.1) is 5.92 Å². The molecule has 0 aromatic heterocycles. The summed E-state index contributed by atoms with van der Waals surface area (Å²) in [7, 11) is 0. The number of alkyl carbamates (subject to hydrolysis) is 1. The number of carboxylic acids is 1. The number of halogens is 2. The zero-order valence-electron chi connectivity index (χ0n) is 22.7. The van der Waals surface area contributed by atoms with Gasteiger partial charge in [0.05, 0.1) is 0 Å². The third kappa shape index (κ3) is 13.5. The minimum absolute atomic E-state index is 0.0154. The fourth-order valence-electron chi connectivity index (χ4n) is 3.39. The van der Waals surface area contributed by atoms with Crippen molar-refractivity contribution in [1.82, 2.24) is 16.0 Å². The summed E-state index contributed by atoms with van der Waals surface area (Å²) in [6.45, 7) is 8.42. The van der Waals surface area contributed by atoms with Crippen LogP contribution in [0.25, 0.3) is 6.08 Å². The van der Waals surface area contributed by atoms with Crippen LogP contribution in [0.15, 0.2) is 36.4 Å². The first-order valence-corrected chi connectivity index (χ1v) is 12.5. The molecule has 12 heteroatoms. The Kier molecular flexibility index (Phi) is 13.2. The summed E-state index contributed by atoms with van der Waals surface area (Å²) in [6, 6.07) is 4.70. The second kappa shape index (κ2) is 15.6. The van der Waals surface area contributed by atoms with E-state index in [1.165, 1.54) is 0 Å². The number of hydrogen-bond acceptors (Lipinski definition) is 6. The van der Waals surface area contributed by atoms with Gasteiger partial charge in [-0.1, -0.05) is 56.3 Å². The van der Waals surface area contributed by atoms with E-state index in [1.807, 2.05) is 35.6 Å². The van der Waals surface area contributed by atoms with Crippen molar-refractivity contribution in [3.05, 3.63) is 42.0 Å². The zero-order chi connectivity index (χ0) is 29.8. The molecule has 0 spiro atoms. The summed E-state index contributed by atoms with van der Waals surface area (Å²) in [5, 5.41) is 15.9. The molecule has 0 aliphatic carbocycles. The van der Waals surface area contributed by atoms with Gasteiger partial charge in [-0.25, -0.2) is 18.4 Å². The van der Waals surface area contributed by atoms with E-state index in [2.05, 4.69) is 10.6 Å². The third-order valence-electron chi connectivity index (χ3n) is 5.09. The predicted octanol–water partition coefficient (Wildman–Crippen LogP) is 3.31. The second-order valence-electron chi connectivity index (χ2n) is 10.3. The van der Waals surface area contributed by atoms with Gasteiger partial charge in [-0.2, -0.15) is 0 Å². The van der Waals surface area contributed by atoms with Crippen molar-refractivity contribution in [2.75, 3.05) is 0 Å². The van der Waals surface area contributed by atoms with Crippen molar-refractivity contribution in [2.45, 2.75) is 84.0 Å². The van der Waals surface area contributed by atoms with Crippen molar-refractivity contribution in [3.8, 4) is 0 Å². The summed E-state index contributed by atoms with van der Waals surface area (Å²) in [4.78, 5) is 61.5. The smallest absolute Gasteiger partial charge is 0.408 e. The van der Waals surface area contributed by atoms with E-state index in [-0.39, 0.29) is 18.8 Å². The number of rotatable bonds is 14. The van der Waals surface area contributed by atoms with E-state index in [0.717, 1.165) is 5.56 Å². The Balaban J connectivity index is 3.14. The van der Waals surface area contributed by atoms with E-state index in [1.54, 1.807) is 46.8 Å². The molecule has 0 saturated carbocycles. The Morgan fingerprint density at radius 1 is 0.897 bits per heavy atom. The number of amides is 3. The van der Waals surface area contributed by atoms with E-state index >= 15 is 0 Å². The van der Waals surface area contributed by atoms with Gasteiger partial charge in [0.1, 0.15) is 23.7 Å². The molecule has 0 aliphatic rings. The topological polar surface area (TPSA) is 151 Å². The van der Waals surface area contributed by atoms with Crippen molar-refractivity contribution in [3.63, 3.8) is 0 Å². The lowest BCUT2D eigenvalue weighted by Crippen LogP contribution is -2.56. The molecule has 0 fully saturated rings. The number of carbonyl (C=O) groups excluding carboxylic acids is 4. The summed E-state index contributed by atoms with van der Waals surface area (Å²) >= 11 is 0. The van der Waals surface area contributed by atoms with Gasteiger partial charge in [-0.3, -0.25) is 14.4 Å². The molecular formula is C27H37F2N3O7. The van der Waals surface area contributed by atoms with E-state index in [4.69, 9.17) is 9.84 Å². The molecule has 10 nitrogen and oxygen atoms in total. The number of benzene rings is 1. The molecule has 0 radical (unpaired) electrons. The molecule has 0 bridgehead atoms. The molecule has 0 heterocycles. The van der Waals surface area contributed by atoms with Crippen molar-refractivity contribution in [1.29, 1.82) is 0 Å². The molecule has 0 saturated heterocycles. The maximum absolute atomic E-state index is 13.2. The maximum Gasteiger partial charge on any atom is 0.408 e. The largest absolute Gasteiger partial charge is 0.475 e. The Hall–Kier alpha value is -3.83. The average molecular weight is 554 g/mol. The van der Waals surface area contributed by atoms with Crippen LogP contribution in [-0.2, 0) is 23.9 Å². The molecule has 3 amide bonds. The molecule has 39 heavy (non-hydrogen) atoms. The molecule has 216 valence electrons. The summed E-state index contributed by atoms with van der Waals surface area (Å²) < 4.78 is 31.1. The molecule has 1 rings (SSSR count). The van der Waals surface area contributed by atoms with Gasteiger partial charge < -0.3 is 25.8 Å². The monoisotopic (exact) mass is 553 g/mol. The number of ether oxygens (including phenoxy) is 1. The highest BCUT2D eigenvalue weighted by molar-refractivity contribution is 6.35. The molecule has 1 aromatic carbocycles. The Bertz CT molecular complexity index is 1020. The predicted molar refractivity (Wildman–Crippen MR) is 140 cm³/mol. The number of hydrogen-bond donors (Lipinski definition) is 4. The lowest BCUT2D eigenvalue weighted by Gasteiger charge is -2.26. The molecule has 4 N–H and O–H groups in total. The van der Waals surface area contributed by atoms with Crippen LogP contribution in [0.5, 0.6) is 0 Å². The van der Waals surface area contributed by atoms with Crippen molar-refractivity contribution >= 4 is 35.7 Å². The minimum Gasteiger partial charge on any atom is -0.475 e. The van der Waals surface area contributed by atoms with Gasteiger partial charge in [0.15, 0.2) is 0 Å². The van der Waals surface area contributed by atoms with Crippen LogP contribution in [0.1, 0.15) is 59.4 Å². The number of ketones is 1. The van der Waals surface area contributed by atoms with Gasteiger partial charge in [0.2, 0.25) is 18.2 Å². The number of alkyl halides is 2. The van der Waals surface area contributed by atoms with Crippen LogP contribution in [0.4, 0.5) is 13.6 Å². The second-order valence-corrected chi connectivity index (χ2v) is 10.3. The zero-order valence-corrected chi connectivity index (χ0v) is 22.7. The third-order valence-corrected chi connectivity index (χ3v) is 5.09. The van der Waals surface area contributed by atoms with Gasteiger partial charge in [-0.15, -0.1) is 0 Å². The maximum atomic E-state index is 13.2. The summed E-state index contributed by atoms with van der Waals surface area (Å²) in [6.07, 6.45) is -1.69. The van der Waals surface area contributed by atoms with Crippen LogP contribution in [0.3, 0.4) is 0 Å². The van der Waals surface area contributed by atoms with E-state index in [9.17, 15) is 32.8 Å². The molecule has 3 atom stereocenters. The number of carbonyl (C=O) groups is 5. The van der Waals surface area contributed by atoms with Crippen molar-refractivity contribution < 1.29 is 42.6 Å². The SMILES string of the molecule is CC(C)C[C@H](NC(=O)[C@H](CC=Cc1ccccc1)NC(=O)OC(C)(C)C)C(=O)NC(CC(F)F)C(=O)C(=O)O. The highest BCUT2D eigenvalue weighted by Crippen LogP contribution is 2.12. The van der Waals surface area contributed by atoms with Crippen LogP contribution in [-0.4, -0.2) is 64.9 Å². The number of nitrogens with one attached hydrogen (secondary N) is 3. The van der Waals surface area contributed by atoms with Gasteiger partial charge in [-0.05, 0) is 45.1 Å². The first-order chi connectivity index (χ1) is 18.1. The average Bonchev–Trinajstić information content (AvgIpc) is 2.80. The quantitative estimate of drug-likeness (QED) is 0.258. The molecular weight excluding hydrogens is 516 g/mol. The Morgan fingerprint density at radius 2 is 1.46 bits per heavy atom. The first kappa shape index (κ1) is 33.2. The van der Waals surface area contributed by atoms with Crippen LogP contribution in [0.2, 0.25) is 0 Å². The Morgan fingerprint density at radius 3 is 1.97 bits per heavy atom. The molecule has 1 unspecified atom stereocenters. The normalized spacial score (nSPS) is 14.0. The van der Waals surface area contributed by atoms with Gasteiger partial charge >= 0.3 is 12.1 Å². The number of aliphatic carboxylic acids is 1. The van der Waals surface area contributed by atoms with E-state index in [0.29, 0.717) is 0 Å². The molecule has 1 aromatic rings. The van der Waals surface area contributed by atoms with Gasteiger partial charge in [0.25, 0.3) is 5.78 Å². The van der Waals surface area contributed by atoms with Crippen LogP contribution >= 0.6 is 0 Å². The lowest BCUT2D eigenvalue weighted by atomic mass is 10.0. The van der Waals surface area contributed by atoms with E-state index < -0.39 is 66.2 Å². The summed E-state index contributed by atoms with van der Waals surface area (Å²) in [5.41, 5.74) is 0.000651. The standard InChI is InChI=1S/C27H37F2N3O7/c1-16(2)14-20(24(35)30-19(15-21(28)29)22(33)25(36)37)31-23(34)18(32-26(38)39-27(3,4)5)13-9-12-17-10-7-6-8-11-17/h6-12,16,18-21H,13-15H2,1-5H3,(H,30,35)(H,31,34)(H,32,38)(H,36,37)/t18-,19?,20-/m0/s1. The Labute approximate surface area is 226 Å². The highest BCUT2D eigenvalue weighted by Gasteiger charge is 2.33. The van der Waals surface area contributed by atoms with Crippen LogP contribution < -0.4 is 16.0 Å². The van der Waals surface area contributed by atoms with Crippen molar-refractivity contribution in [2.24, 2.45) is 5.92 Å². The molecule has 0 aliphatic heterocycles. The fourth-order valence-corrected chi connectivity index (χ4v) is 3.39. The number of carboxylic acid groups (broad SMARTS) is 1.